The van der Waals surface area contributed by atoms with Crippen LogP contribution in [0.1, 0.15) is 32.6 Å². The van der Waals surface area contributed by atoms with Gasteiger partial charge in [0.05, 0.1) is 19.3 Å². The fourth-order valence-electron chi connectivity index (χ4n) is 2.37. The number of ether oxygens (including phenoxy) is 3. The highest BCUT2D eigenvalue weighted by molar-refractivity contribution is 5.06. The molecule has 0 aromatic heterocycles. The standard InChI is InChI=1S/C13H20O3/c1-3-4-11(2)16-12-5-7-13(8-6-12)14-9-10-15-13/h3-4,12H,2,5-10H2,1H3/b4-3+. The van der Waals surface area contributed by atoms with Crippen molar-refractivity contribution in [2.75, 3.05) is 13.2 Å². The van der Waals surface area contributed by atoms with Crippen molar-refractivity contribution in [2.45, 2.75) is 44.5 Å². The van der Waals surface area contributed by atoms with Gasteiger partial charge in [0.2, 0.25) is 0 Å². The summed E-state index contributed by atoms with van der Waals surface area (Å²) in [6, 6.07) is 0. The van der Waals surface area contributed by atoms with Crippen LogP contribution in [-0.4, -0.2) is 25.1 Å². The topological polar surface area (TPSA) is 27.7 Å². The zero-order valence-corrected chi connectivity index (χ0v) is 9.91. The lowest BCUT2D eigenvalue weighted by Gasteiger charge is -2.35. The molecule has 0 aromatic carbocycles. The Hall–Kier alpha value is -0.800. The Balaban J connectivity index is 1.78. The number of rotatable bonds is 3. The molecule has 2 rings (SSSR count). The van der Waals surface area contributed by atoms with Gasteiger partial charge in [-0.1, -0.05) is 12.7 Å². The lowest BCUT2D eigenvalue weighted by molar-refractivity contribution is -0.188. The highest BCUT2D eigenvalue weighted by atomic mass is 16.7. The van der Waals surface area contributed by atoms with Crippen molar-refractivity contribution in [1.82, 2.24) is 0 Å². The van der Waals surface area contributed by atoms with Crippen molar-refractivity contribution in [1.29, 1.82) is 0 Å². The van der Waals surface area contributed by atoms with Gasteiger partial charge in [-0.15, -0.1) is 0 Å². The van der Waals surface area contributed by atoms with Crippen LogP contribution in [0, 0.1) is 0 Å². The van der Waals surface area contributed by atoms with Gasteiger partial charge in [0.25, 0.3) is 0 Å². The second-order valence-electron chi connectivity index (χ2n) is 4.39. The first-order valence-corrected chi connectivity index (χ1v) is 6.00. The third kappa shape index (κ3) is 2.66. The number of hydrogen-bond donors (Lipinski definition) is 0. The Morgan fingerprint density at radius 1 is 1.31 bits per heavy atom. The molecule has 2 fully saturated rings. The largest absolute Gasteiger partial charge is 0.491 e. The molecule has 16 heavy (non-hydrogen) atoms. The van der Waals surface area contributed by atoms with Crippen LogP contribution < -0.4 is 0 Å². The summed E-state index contributed by atoms with van der Waals surface area (Å²) in [5, 5.41) is 0. The summed E-state index contributed by atoms with van der Waals surface area (Å²) >= 11 is 0. The van der Waals surface area contributed by atoms with Crippen LogP contribution in [0.3, 0.4) is 0 Å². The van der Waals surface area contributed by atoms with Gasteiger partial charge in [-0.25, -0.2) is 0 Å². The van der Waals surface area contributed by atoms with E-state index in [9.17, 15) is 0 Å². The first kappa shape index (κ1) is 11.7. The van der Waals surface area contributed by atoms with Crippen LogP contribution in [0.15, 0.2) is 24.5 Å². The zero-order chi connectivity index (χ0) is 11.4. The summed E-state index contributed by atoms with van der Waals surface area (Å²) in [6.45, 7) is 7.28. The Bertz CT molecular complexity index is 267. The predicted octanol–water partition coefficient (Wildman–Crippen LogP) is 2.78. The minimum Gasteiger partial charge on any atom is -0.491 e. The summed E-state index contributed by atoms with van der Waals surface area (Å²) in [6.07, 6.45) is 7.93. The van der Waals surface area contributed by atoms with Gasteiger partial charge < -0.3 is 14.2 Å². The molecule has 1 saturated carbocycles. The van der Waals surface area contributed by atoms with Gasteiger partial charge in [0.15, 0.2) is 5.79 Å². The molecule has 1 spiro atoms. The maximum atomic E-state index is 5.74. The van der Waals surface area contributed by atoms with E-state index in [1.807, 2.05) is 19.1 Å². The van der Waals surface area contributed by atoms with Crippen molar-refractivity contribution in [2.24, 2.45) is 0 Å². The van der Waals surface area contributed by atoms with Gasteiger partial charge in [0.1, 0.15) is 5.76 Å². The Morgan fingerprint density at radius 2 is 1.94 bits per heavy atom. The van der Waals surface area contributed by atoms with Crippen LogP contribution >= 0.6 is 0 Å². The van der Waals surface area contributed by atoms with Crippen molar-refractivity contribution >= 4 is 0 Å². The third-order valence-electron chi connectivity index (χ3n) is 3.18. The quantitative estimate of drug-likeness (QED) is 0.545. The van der Waals surface area contributed by atoms with Crippen LogP contribution in [0.2, 0.25) is 0 Å². The van der Waals surface area contributed by atoms with Crippen LogP contribution in [0.4, 0.5) is 0 Å². The van der Waals surface area contributed by atoms with Gasteiger partial charge in [-0.2, -0.15) is 0 Å². The zero-order valence-electron chi connectivity index (χ0n) is 9.91. The molecule has 3 heteroatoms. The second-order valence-corrected chi connectivity index (χ2v) is 4.39. The minimum absolute atomic E-state index is 0.266. The summed E-state index contributed by atoms with van der Waals surface area (Å²) in [5.74, 6) is 0.457. The van der Waals surface area contributed by atoms with Crippen molar-refractivity contribution in [3.05, 3.63) is 24.5 Å². The summed E-state index contributed by atoms with van der Waals surface area (Å²) in [7, 11) is 0. The molecule has 0 aromatic rings. The smallest absolute Gasteiger partial charge is 0.168 e. The molecule has 1 aliphatic carbocycles. The molecule has 0 unspecified atom stereocenters. The Morgan fingerprint density at radius 3 is 2.50 bits per heavy atom. The van der Waals surface area contributed by atoms with Gasteiger partial charge >= 0.3 is 0 Å². The fourth-order valence-corrected chi connectivity index (χ4v) is 2.37. The lowest BCUT2D eigenvalue weighted by atomic mass is 9.92. The van der Waals surface area contributed by atoms with E-state index in [-0.39, 0.29) is 11.9 Å². The molecule has 1 heterocycles. The monoisotopic (exact) mass is 224 g/mol. The van der Waals surface area contributed by atoms with Crippen LogP contribution in [0.25, 0.3) is 0 Å². The SMILES string of the molecule is C=C(/C=C/C)OC1CCC2(CC1)OCCO2. The normalized spacial score (nSPS) is 25.3. The minimum atomic E-state index is -0.290. The maximum absolute atomic E-state index is 5.74. The van der Waals surface area contributed by atoms with Crippen molar-refractivity contribution < 1.29 is 14.2 Å². The van der Waals surface area contributed by atoms with Crippen molar-refractivity contribution in [3.8, 4) is 0 Å². The third-order valence-corrected chi connectivity index (χ3v) is 3.18. The highest BCUT2D eigenvalue weighted by Crippen LogP contribution is 2.37. The number of hydrogen-bond acceptors (Lipinski definition) is 3. The summed E-state index contributed by atoms with van der Waals surface area (Å²) in [5.41, 5.74) is 0. The molecule has 0 N–H and O–H groups in total. The van der Waals surface area contributed by atoms with E-state index in [0.29, 0.717) is 0 Å². The molecular weight excluding hydrogens is 204 g/mol. The molecule has 90 valence electrons. The molecule has 1 aliphatic heterocycles. The Labute approximate surface area is 97.1 Å². The molecule has 0 radical (unpaired) electrons. The molecule has 0 atom stereocenters. The summed E-state index contributed by atoms with van der Waals surface area (Å²) < 4.78 is 17.1. The molecule has 1 saturated heterocycles. The first-order chi connectivity index (χ1) is 7.74. The van der Waals surface area contributed by atoms with E-state index >= 15 is 0 Å². The highest BCUT2D eigenvalue weighted by Gasteiger charge is 2.40. The average Bonchev–Trinajstić information content (AvgIpc) is 2.71. The summed E-state index contributed by atoms with van der Waals surface area (Å²) in [4.78, 5) is 0. The van der Waals surface area contributed by atoms with Crippen LogP contribution in [0.5, 0.6) is 0 Å². The molecule has 3 nitrogen and oxygen atoms in total. The van der Waals surface area contributed by atoms with Gasteiger partial charge in [-0.05, 0) is 25.8 Å². The van der Waals surface area contributed by atoms with E-state index in [0.717, 1.165) is 44.7 Å². The predicted molar refractivity (Wildman–Crippen MR) is 61.9 cm³/mol. The average molecular weight is 224 g/mol. The van der Waals surface area contributed by atoms with Crippen LogP contribution in [-0.2, 0) is 14.2 Å². The second kappa shape index (κ2) is 5.02. The van der Waals surface area contributed by atoms with Gasteiger partial charge in [0, 0.05) is 12.8 Å². The fraction of sp³-hybridized carbons (Fsp3) is 0.692. The van der Waals surface area contributed by atoms with Crippen molar-refractivity contribution in [3.63, 3.8) is 0 Å². The van der Waals surface area contributed by atoms with E-state index < -0.39 is 0 Å². The van der Waals surface area contributed by atoms with E-state index in [2.05, 4.69) is 6.58 Å². The molecule has 0 bridgehead atoms. The molecular formula is C13H20O3. The Kier molecular flexibility index (Phi) is 3.66. The van der Waals surface area contributed by atoms with E-state index in [4.69, 9.17) is 14.2 Å². The van der Waals surface area contributed by atoms with Gasteiger partial charge in [-0.3, -0.25) is 0 Å². The number of allylic oxidation sites excluding steroid dienone is 2. The first-order valence-electron chi connectivity index (χ1n) is 6.00. The maximum Gasteiger partial charge on any atom is 0.168 e. The van der Waals surface area contributed by atoms with E-state index in [1.165, 1.54) is 0 Å². The van der Waals surface area contributed by atoms with E-state index in [1.54, 1.807) is 0 Å². The molecule has 2 aliphatic rings. The molecule has 0 amide bonds. The lowest BCUT2D eigenvalue weighted by Crippen LogP contribution is -2.37.